The lowest BCUT2D eigenvalue weighted by Crippen LogP contribution is -2.43. The molecule has 110 valence electrons. The van der Waals surface area contributed by atoms with Gasteiger partial charge in [0.25, 0.3) is 0 Å². The molecule has 1 N–H and O–H groups in total. The highest BCUT2D eigenvalue weighted by Gasteiger charge is 2.17. The quantitative estimate of drug-likeness (QED) is 0.729. The standard InChI is InChI=1S/C14H22N4O2/c1-17(2)11-9-16-13(19)14(20)18(3)10-6-12-4-7-15-8-5-12/h4-5,7-8H,6,9-11H2,1-3H3,(H,16,19). The van der Waals surface area contributed by atoms with Gasteiger partial charge in [-0.25, -0.2) is 0 Å². The number of nitrogens with zero attached hydrogens (tertiary/aromatic N) is 3. The second-order valence-electron chi connectivity index (χ2n) is 4.89. The van der Waals surface area contributed by atoms with Crippen molar-refractivity contribution >= 4 is 11.8 Å². The van der Waals surface area contributed by atoms with Crippen molar-refractivity contribution in [2.24, 2.45) is 0 Å². The Balaban J connectivity index is 2.33. The molecule has 0 saturated carbocycles. The molecule has 0 unspecified atom stereocenters. The number of likely N-dealkylation sites (N-methyl/N-ethyl adjacent to an activating group) is 2. The highest BCUT2D eigenvalue weighted by atomic mass is 16.2. The Hall–Kier alpha value is -1.95. The second kappa shape index (κ2) is 8.27. The maximum absolute atomic E-state index is 11.8. The van der Waals surface area contributed by atoms with Gasteiger partial charge in [-0.1, -0.05) is 0 Å². The first kappa shape index (κ1) is 16.1. The summed E-state index contributed by atoms with van der Waals surface area (Å²) < 4.78 is 0. The van der Waals surface area contributed by atoms with Gasteiger partial charge in [0.1, 0.15) is 0 Å². The Bertz CT molecular complexity index is 434. The summed E-state index contributed by atoms with van der Waals surface area (Å²) in [6, 6.07) is 3.80. The third kappa shape index (κ3) is 5.79. The predicted octanol–water partition coefficient (Wildman–Crippen LogP) is -0.240. The highest BCUT2D eigenvalue weighted by Crippen LogP contribution is 1.99. The van der Waals surface area contributed by atoms with E-state index in [1.165, 1.54) is 4.90 Å². The van der Waals surface area contributed by atoms with Crippen molar-refractivity contribution in [3.8, 4) is 0 Å². The van der Waals surface area contributed by atoms with Crippen molar-refractivity contribution in [2.75, 3.05) is 40.8 Å². The lowest BCUT2D eigenvalue weighted by atomic mass is 10.2. The van der Waals surface area contributed by atoms with Crippen LogP contribution in [0.4, 0.5) is 0 Å². The van der Waals surface area contributed by atoms with Gasteiger partial charge in [-0.2, -0.15) is 0 Å². The van der Waals surface area contributed by atoms with Gasteiger partial charge >= 0.3 is 11.8 Å². The molecule has 1 rings (SSSR count). The molecule has 0 fully saturated rings. The number of carbonyl (C=O) groups is 2. The Morgan fingerprint density at radius 3 is 2.40 bits per heavy atom. The molecule has 20 heavy (non-hydrogen) atoms. The van der Waals surface area contributed by atoms with Crippen LogP contribution in [0.15, 0.2) is 24.5 Å². The van der Waals surface area contributed by atoms with Crippen LogP contribution in [0.3, 0.4) is 0 Å². The van der Waals surface area contributed by atoms with Gasteiger partial charge in [-0.15, -0.1) is 0 Å². The summed E-state index contributed by atoms with van der Waals surface area (Å²) >= 11 is 0. The van der Waals surface area contributed by atoms with E-state index >= 15 is 0 Å². The zero-order chi connectivity index (χ0) is 15.0. The van der Waals surface area contributed by atoms with Gasteiger partial charge in [0, 0.05) is 39.1 Å². The fourth-order valence-electron chi connectivity index (χ4n) is 1.59. The van der Waals surface area contributed by atoms with Crippen molar-refractivity contribution in [2.45, 2.75) is 6.42 Å². The zero-order valence-corrected chi connectivity index (χ0v) is 12.3. The molecule has 0 bridgehead atoms. The first-order chi connectivity index (χ1) is 9.50. The molecule has 0 radical (unpaired) electrons. The molecule has 1 aromatic heterocycles. The summed E-state index contributed by atoms with van der Waals surface area (Å²) in [6.45, 7) is 1.68. The SMILES string of the molecule is CN(C)CCNC(=O)C(=O)N(C)CCc1ccncc1. The highest BCUT2D eigenvalue weighted by molar-refractivity contribution is 6.34. The predicted molar refractivity (Wildman–Crippen MR) is 77.1 cm³/mol. The number of nitrogens with one attached hydrogen (secondary N) is 1. The average Bonchev–Trinajstić information content (AvgIpc) is 2.44. The number of amides is 2. The van der Waals surface area contributed by atoms with E-state index in [2.05, 4.69) is 10.3 Å². The summed E-state index contributed by atoms with van der Waals surface area (Å²) in [5.41, 5.74) is 1.09. The van der Waals surface area contributed by atoms with Crippen LogP contribution in [0.2, 0.25) is 0 Å². The van der Waals surface area contributed by atoms with Crippen molar-refractivity contribution in [3.63, 3.8) is 0 Å². The first-order valence-corrected chi connectivity index (χ1v) is 6.57. The van der Waals surface area contributed by atoms with Crippen molar-refractivity contribution in [1.29, 1.82) is 0 Å². The smallest absolute Gasteiger partial charge is 0.311 e. The molecule has 2 amide bonds. The third-order valence-electron chi connectivity index (χ3n) is 2.87. The van der Waals surface area contributed by atoms with Gasteiger partial charge in [0.05, 0.1) is 0 Å². The number of hydrogen-bond acceptors (Lipinski definition) is 4. The Morgan fingerprint density at radius 1 is 1.15 bits per heavy atom. The Labute approximate surface area is 119 Å². The minimum atomic E-state index is -0.552. The van der Waals surface area contributed by atoms with Crippen LogP contribution < -0.4 is 5.32 Å². The Morgan fingerprint density at radius 2 is 1.80 bits per heavy atom. The second-order valence-corrected chi connectivity index (χ2v) is 4.89. The summed E-state index contributed by atoms with van der Waals surface area (Å²) in [5.74, 6) is -1.05. The fraction of sp³-hybridized carbons (Fsp3) is 0.500. The van der Waals surface area contributed by atoms with Crippen LogP contribution >= 0.6 is 0 Å². The van der Waals surface area contributed by atoms with E-state index in [9.17, 15) is 9.59 Å². The van der Waals surface area contributed by atoms with Crippen molar-refractivity contribution in [3.05, 3.63) is 30.1 Å². The lowest BCUT2D eigenvalue weighted by molar-refractivity contribution is -0.144. The first-order valence-electron chi connectivity index (χ1n) is 6.57. The van der Waals surface area contributed by atoms with Crippen LogP contribution in [0.1, 0.15) is 5.56 Å². The molecule has 0 spiro atoms. The minimum absolute atomic E-state index is 0.468. The van der Waals surface area contributed by atoms with E-state index in [-0.39, 0.29) is 0 Å². The van der Waals surface area contributed by atoms with Crippen molar-refractivity contribution in [1.82, 2.24) is 20.1 Å². The topological polar surface area (TPSA) is 65.5 Å². The summed E-state index contributed by atoms with van der Waals surface area (Å²) in [6.07, 6.45) is 4.13. The number of aromatic nitrogens is 1. The summed E-state index contributed by atoms with van der Waals surface area (Å²) in [5, 5.41) is 2.61. The maximum Gasteiger partial charge on any atom is 0.311 e. The lowest BCUT2D eigenvalue weighted by Gasteiger charge is -2.17. The Kier molecular flexibility index (Phi) is 6.66. The molecule has 6 heteroatoms. The van der Waals surface area contributed by atoms with Crippen molar-refractivity contribution < 1.29 is 9.59 Å². The maximum atomic E-state index is 11.8. The van der Waals surface area contributed by atoms with E-state index in [1.807, 2.05) is 31.1 Å². The monoisotopic (exact) mass is 278 g/mol. The average molecular weight is 278 g/mol. The number of pyridine rings is 1. The molecule has 6 nitrogen and oxygen atoms in total. The molecule has 0 aliphatic heterocycles. The number of rotatable bonds is 6. The van der Waals surface area contributed by atoms with Gasteiger partial charge < -0.3 is 15.1 Å². The molecular formula is C14H22N4O2. The van der Waals surface area contributed by atoms with Crippen LogP contribution in [0.5, 0.6) is 0 Å². The fourth-order valence-corrected chi connectivity index (χ4v) is 1.59. The normalized spacial score (nSPS) is 10.4. The van der Waals surface area contributed by atoms with E-state index in [0.717, 1.165) is 5.56 Å². The van der Waals surface area contributed by atoms with E-state index < -0.39 is 11.8 Å². The molecule has 1 heterocycles. The van der Waals surface area contributed by atoms with Gasteiger partial charge in [0.15, 0.2) is 0 Å². The summed E-state index contributed by atoms with van der Waals surface area (Å²) in [7, 11) is 5.46. The minimum Gasteiger partial charge on any atom is -0.347 e. The third-order valence-corrected chi connectivity index (χ3v) is 2.87. The largest absolute Gasteiger partial charge is 0.347 e. The number of hydrogen-bond donors (Lipinski definition) is 1. The van der Waals surface area contributed by atoms with Crippen LogP contribution in [-0.2, 0) is 16.0 Å². The number of carbonyl (C=O) groups excluding carboxylic acids is 2. The van der Waals surface area contributed by atoms with Gasteiger partial charge in [-0.3, -0.25) is 14.6 Å². The molecule has 0 aromatic carbocycles. The summed E-state index contributed by atoms with van der Waals surface area (Å²) in [4.78, 5) is 30.8. The van der Waals surface area contributed by atoms with E-state index in [4.69, 9.17) is 0 Å². The van der Waals surface area contributed by atoms with E-state index in [1.54, 1.807) is 19.4 Å². The molecule has 0 atom stereocenters. The van der Waals surface area contributed by atoms with Crippen LogP contribution in [-0.4, -0.2) is 67.4 Å². The van der Waals surface area contributed by atoms with Crippen LogP contribution in [0, 0.1) is 0 Å². The molecule has 0 aliphatic rings. The molecule has 0 aliphatic carbocycles. The van der Waals surface area contributed by atoms with E-state index in [0.29, 0.717) is 26.1 Å². The van der Waals surface area contributed by atoms with Gasteiger partial charge in [0.2, 0.25) is 0 Å². The zero-order valence-electron chi connectivity index (χ0n) is 12.3. The molecule has 1 aromatic rings. The van der Waals surface area contributed by atoms with Crippen LogP contribution in [0.25, 0.3) is 0 Å². The molecule has 0 saturated heterocycles. The molecular weight excluding hydrogens is 256 g/mol. The van der Waals surface area contributed by atoms with Gasteiger partial charge in [-0.05, 0) is 38.2 Å².